The highest BCUT2D eigenvalue weighted by atomic mass is 16.3. The highest BCUT2D eigenvalue weighted by molar-refractivity contribution is 6.09. The van der Waals surface area contributed by atoms with Crippen molar-refractivity contribution in [3.8, 4) is 11.4 Å². The fourth-order valence-corrected chi connectivity index (χ4v) is 3.12. The van der Waals surface area contributed by atoms with E-state index in [1.807, 2.05) is 50.2 Å². The van der Waals surface area contributed by atoms with E-state index in [0.717, 1.165) is 16.8 Å². The second-order valence-electron chi connectivity index (χ2n) is 6.60. The Kier molecular flexibility index (Phi) is 4.19. The van der Waals surface area contributed by atoms with Gasteiger partial charge in [-0.15, -0.1) is 0 Å². The molecule has 2 aromatic heterocycles. The van der Waals surface area contributed by atoms with Gasteiger partial charge in [0.1, 0.15) is 17.0 Å². The number of aromatic amines is 1. The number of para-hydroxylation sites is 1. The standard InChI is InChI=1S/C21H18N4O3/c1-12-6-5-8-14(10-12)25-19-15(11-22-25)18(26)17(21(28)24-19)20(27)23-16-9-4-3-7-13(16)2/h3-11H,1-2H3,(H,23,27)(H2,24,26,28). The number of nitrogens with one attached hydrogen (secondary N) is 2. The lowest BCUT2D eigenvalue weighted by molar-refractivity contribution is 0.102. The largest absolute Gasteiger partial charge is 0.506 e. The number of H-pyrrole nitrogens is 1. The summed E-state index contributed by atoms with van der Waals surface area (Å²) in [5.74, 6) is -1.08. The fourth-order valence-electron chi connectivity index (χ4n) is 3.12. The summed E-state index contributed by atoms with van der Waals surface area (Å²) in [6.45, 7) is 3.79. The van der Waals surface area contributed by atoms with Crippen molar-refractivity contribution >= 4 is 22.6 Å². The lowest BCUT2D eigenvalue weighted by Gasteiger charge is -2.10. The van der Waals surface area contributed by atoms with Crippen molar-refractivity contribution in [1.29, 1.82) is 0 Å². The van der Waals surface area contributed by atoms with E-state index in [1.54, 1.807) is 12.1 Å². The van der Waals surface area contributed by atoms with Crippen molar-refractivity contribution in [2.24, 2.45) is 0 Å². The maximum absolute atomic E-state index is 12.7. The van der Waals surface area contributed by atoms with Crippen LogP contribution in [0.1, 0.15) is 21.5 Å². The molecule has 7 heteroatoms. The summed E-state index contributed by atoms with van der Waals surface area (Å²) in [5.41, 5.74) is 2.47. The van der Waals surface area contributed by atoms with Gasteiger partial charge in [0.25, 0.3) is 11.5 Å². The van der Waals surface area contributed by atoms with Gasteiger partial charge >= 0.3 is 0 Å². The van der Waals surface area contributed by atoms with Crippen molar-refractivity contribution in [2.45, 2.75) is 13.8 Å². The molecule has 3 N–H and O–H groups in total. The zero-order valence-corrected chi connectivity index (χ0v) is 15.4. The summed E-state index contributed by atoms with van der Waals surface area (Å²) >= 11 is 0. The molecule has 4 rings (SSSR count). The van der Waals surface area contributed by atoms with Crippen LogP contribution in [0, 0.1) is 13.8 Å². The molecule has 0 radical (unpaired) electrons. The molecular formula is C21H18N4O3. The molecule has 28 heavy (non-hydrogen) atoms. The van der Waals surface area contributed by atoms with Gasteiger partial charge in [-0.25, -0.2) is 4.68 Å². The summed E-state index contributed by atoms with van der Waals surface area (Å²) in [6, 6.07) is 14.8. The Morgan fingerprint density at radius 1 is 1.14 bits per heavy atom. The van der Waals surface area contributed by atoms with Gasteiger partial charge < -0.3 is 15.4 Å². The minimum Gasteiger partial charge on any atom is -0.506 e. The van der Waals surface area contributed by atoms with Crippen molar-refractivity contribution in [2.75, 3.05) is 5.32 Å². The number of amides is 1. The minimum atomic E-state index is -0.689. The van der Waals surface area contributed by atoms with Gasteiger partial charge in [-0.1, -0.05) is 30.3 Å². The molecule has 0 saturated carbocycles. The highest BCUT2D eigenvalue weighted by Crippen LogP contribution is 2.27. The molecule has 0 bridgehead atoms. The van der Waals surface area contributed by atoms with E-state index >= 15 is 0 Å². The zero-order chi connectivity index (χ0) is 19.8. The van der Waals surface area contributed by atoms with Crippen LogP contribution in [0.15, 0.2) is 59.5 Å². The summed E-state index contributed by atoms with van der Waals surface area (Å²) in [6.07, 6.45) is 1.42. The van der Waals surface area contributed by atoms with Gasteiger partial charge in [0.15, 0.2) is 0 Å². The number of hydrogen-bond acceptors (Lipinski definition) is 4. The molecule has 0 aliphatic carbocycles. The predicted molar refractivity (Wildman–Crippen MR) is 107 cm³/mol. The van der Waals surface area contributed by atoms with E-state index in [-0.39, 0.29) is 10.9 Å². The van der Waals surface area contributed by atoms with E-state index in [1.165, 1.54) is 10.9 Å². The van der Waals surface area contributed by atoms with Crippen LogP contribution < -0.4 is 10.9 Å². The summed E-state index contributed by atoms with van der Waals surface area (Å²) in [4.78, 5) is 27.9. The smallest absolute Gasteiger partial charge is 0.266 e. The fraction of sp³-hybridized carbons (Fsp3) is 0.0952. The Morgan fingerprint density at radius 2 is 1.93 bits per heavy atom. The Bertz CT molecular complexity index is 1270. The van der Waals surface area contributed by atoms with Crippen molar-refractivity contribution in [3.63, 3.8) is 0 Å². The van der Waals surface area contributed by atoms with Crippen LogP contribution in [-0.2, 0) is 0 Å². The molecule has 0 atom stereocenters. The monoisotopic (exact) mass is 374 g/mol. The highest BCUT2D eigenvalue weighted by Gasteiger charge is 2.22. The molecule has 2 aromatic carbocycles. The Labute approximate surface area is 160 Å². The van der Waals surface area contributed by atoms with Crippen LogP contribution in [-0.4, -0.2) is 25.8 Å². The van der Waals surface area contributed by atoms with E-state index in [9.17, 15) is 14.7 Å². The van der Waals surface area contributed by atoms with Crippen LogP contribution in [0.3, 0.4) is 0 Å². The van der Waals surface area contributed by atoms with Gasteiger partial charge in [-0.3, -0.25) is 9.59 Å². The molecule has 0 aliphatic rings. The second kappa shape index (κ2) is 6.70. The number of pyridine rings is 1. The average molecular weight is 374 g/mol. The van der Waals surface area contributed by atoms with E-state index in [2.05, 4.69) is 15.4 Å². The first-order chi connectivity index (χ1) is 13.5. The molecule has 0 aliphatic heterocycles. The molecule has 0 spiro atoms. The number of hydrogen-bond donors (Lipinski definition) is 3. The SMILES string of the molecule is Cc1cccc(-n2ncc3c(O)c(C(=O)Nc4ccccc4C)c(=O)[nH]c32)c1. The maximum atomic E-state index is 12.7. The molecule has 2 heterocycles. The normalized spacial score (nSPS) is 10.9. The van der Waals surface area contributed by atoms with Gasteiger partial charge in [0.2, 0.25) is 0 Å². The number of aromatic hydroxyl groups is 1. The topological polar surface area (TPSA) is 100 Å². The van der Waals surface area contributed by atoms with E-state index < -0.39 is 17.2 Å². The number of nitrogens with zero attached hydrogens (tertiary/aromatic N) is 2. The Morgan fingerprint density at radius 3 is 2.68 bits per heavy atom. The van der Waals surface area contributed by atoms with Crippen molar-refractivity contribution < 1.29 is 9.90 Å². The third kappa shape index (κ3) is 2.92. The van der Waals surface area contributed by atoms with Crippen molar-refractivity contribution in [3.05, 3.63) is 81.8 Å². The summed E-state index contributed by atoms with van der Waals surface area (Å²) < 4.78 is 1.52. The van der Waals surface area contributed by atoms with Crippen molar-refractivity contribution in [1.82, 2.24) is 14.8 Å². The van der Waals surface area contributed by atoms with E-state index in [0.29, 0.717) is 11.3 Å². The number of fused-ring (bicyclic) bond motifs is 1. The Hall–Kier alpha value is -3.87. The third-order valence-electron chi connectivity index (χ3n) is 4.59. The van der Waals surface area contributed by atoms with Gasteiger partial charge in [0.05, 0.1) is 17.3 Å². The number of anilines is 1. The number of benzene rings is 2. The lowest BCUT2D eigenvalue weighted by Crippen LogP contribution is -2.24. The number of aryl methyl sites for hydroxylation is 2. The number of carbonyl (C=O) groups excluding carboxylic acids is 1. The molecule has 7 nitrogen and oxygen atoms in total. The average Bonchev–Trinajstić information content (AvgIpc) is 3.07. The zero-order valence-electron chi connectivity index (χ0n) is 15.4. The van der Waals surface area contributed by atoms with Crippen LogP contribution in [0.5, 0.6) is 5.75 Å². The minimum absolute atomic E-state index is 0.288. The number of carbonyl (C=O) groups is 1. The quantitative estimate of drug-likeness (QED) is 0.512. The Balaban J connectivity index is 1.81. The molecule has 0 fully saturated rings. The molecule has 140 valence electrons. The van der Waals surface area contributed by atoms with Gasteiger partial charge in [0, 0.05) is 5.69 Å². The molecular weight excluding hydrogens is 356 g/mol. The first-order valence-electron chi connectivity index (χ1n) is 8.72. The van der Waals surface area contributed by atoms with Crippen LogP contribution >= 0.6 is 0 Å². The first kappa shape index (κ1) is 17.5. The van der Waals surface area contributed by atoms with Gasteiger partial charge in [-0.2, -0.15) is 5.10 Å². The van der Waals surface area contributed by atoms with Crippen LogP contribution in [0.25, 0.3) is 16.7 Å². The second-order valence-corrected chi connectivity index (χ2v) is 6.60. The first-order valence-corrected chi connectivity index (χ1v) is 8.72. The number of rotatable bonds is 3. The molecule has 1 amide bonds. The lowest BCUT2D eigenvalue weighted by atomic mass is 10.1. The number of aromatic nitrogens is 3. The maximum Gasteiger partial charge on any atom is 0.266 e. The van der Waals surface area contributed by atoms with Crippen LogP contribution in [0.2, 0.25) is 0 Å². The van der Waals surface area contributed by atoms with E-state index in [4.69, 9.17) is 0 Å². The summed E-state index contributed by atoms with van der Waals surface area (Å²) in [5, 5.41) is 17.9. The third-order valence-corrected chi connectivity index (χ3v) is 4.59. The molecule has 4 aromatic rings. The predicted octanol–water partition coefficient (Wildman–Crippen LogP) is 3.29. The van der Waals surface area contributed by atoms with Crippen LogP contribution in [0.4, 0.5) is 5.69 Å². The molecule has 0 saturated heterocycles. The molecule has 0 unspecified atom stereocenters. The summed E-state index contributed by atoms with van der Waals surface area (Å²) in [7, 11) is 0. The van der Waals surface area contributed by atoms with Gasteiger partial charge in [-0.05, 0) is 43.2 Å².